The molecular formula is C25H32N2O3. The van der Waals surface area contributed by atoms with Crippen molar-refractivity contribution in [2.45, 2.75) is 53.5 Å². The van der Waals surface area contributed by atoms with E-state index in [-0.39, 0.29) is 11.9 Å². The second-order valence-electron chi connectivity index (χ2n) is 8.83. The molecule has 0 aliphatic carbocycles. The minimum Gasteiger partial charge on any atom is -0.465 e. The zero-order valence-electron chi connectivity index (χ0n) is 18.7. The molecule has 1 aliphatic rings. The predicted molar refractivity (Wildman–Crippen MR) is 119 cm³/mol. The van der Waals surface area contributed by atoms with Gasteiger partial charge in [0.1, 0.15) is 17.1 Å². The quantitative estimate of drug-likeness (QED) is 0.609. The molecule has 3 aromatic rings. The van der Waals surface area contributed by atoms with Gasteiger partial charge in [0.25, 0.3) is 5.91 Å². The van der Waals surface area contributed by atoms with Crippen LogP contribution in [-0.4, -0.2) is 30.4 Å². The SMILES string of the molecule is Cc1ccc([C@H](CNC(=O)c2oc3c(C)c(C)ccc3c2C)N2CCC(C)CC2)o1. The summed E-state index contributed by atoms with van der Waals surface area (Å²) in [7, 11) is 0. The van der Waals surface area contributed by atoms with Crippen molar-refractivity contribution in [3.05, 3.63) is 58.2 Å². The van der Waals surface area contributed by atoms with Crippen molar-refractivity contribution in [1.82, 2.24) is 10.2 Å². The standard InChI is InChI=1S/C25H32N2O3/c1-15-10-12-27(13-11-15)21(22-9-7-17(3)29-22)14-26-25(28)24-19(5)20-8-6-16(2)18(4)23(20)30-24/h6-9,15,21H,10-14H2,1-5H3,(H,26,28)/t21-/m0/s1. The van der Waals surface area contributed by atoms with Crippen LogP contribution < -0.4 is 5.32 Å². The van der Waals surface area contributed by atoms with Crippen molar-refractivity contribution in [3.63, 3.8) is 0 Å². The average molecular weight is 409 g/mol. The number of hydrogen-bond acceptors (Lipinski definition) is 4. The van der Waals surface area contributed by atoms with Crippen molar-refractivity contribution in [3.8, 4) is 0 Å². The minimum atomic E-state index is -0.167. The fraction of sp³-hybridized carbons (Fsp3) is 0.480. The average Bonchev–Trinajstić information content (AvgIpc) is 3.30. The van der Waals surface area contributed by atoms with Crippen molar-refractivity contribution in [2.75, 3.05) is 19.6 Å². The third-order valence-electron chi connectivity index (χ3n) is 6.64. The second-order valence-corrected chi connectivity index (χ2v) is 8.83. The highest BCUT2D eigenvalue weighted by Gasteiger charge is 2.28. The summed E-state index contributed by atoms with van der Waals surface area (Å²) in [6.07, 6.45) is 2.34. The van der Waals surface area contributed by atoms with E-state index in [4.69, 9.17) is 8.83 Å². The molecule has 0 bridgehead atoms. The van der Waals surface area contributed by atoms with E-state index in [1.165, 1.54) is 12.8 Å². The van der Waals surface area contributed by atoms with E-state index in [1.807, 2.05) is 39.0 Å². The lowest BCUT2D eigenvalue weighted by Crippen LogP contribution is -2.41. The van der Waals surface area contributed by atoms with E-state index in [2.05, 4.69) is 30.1 Å². The number of hydrogen-bond donors (Lipinski definition) is 1. The highest BCUT2D eigenvalue weighted by Crippen LogP contribution is 2.30. The molecule has 1 fully saturated rings. The summed E-state index contributed by atoms with van der Waals surface area (Å²) in [5.41, 5.74) is 3.94. The molecule has 30 heavy (non-hydrogen) atoms. The van der Waals surface area contributed by atoms with Gasteiger partial charge in [-0.25, -0.2) is 0 Å². The molecule has 1 N–H and O–H groups in total. The fourth-order valence-corrected chi connectivity index (χ4v) is 4.39. The monoisotopic (exact) mass is 408 g/mol. The number of carbonyl (C=O) groups excluding carboxylic acids is 1. The Morgan fingerprint density at radius 1 is 1.07 bits per heavy atom. The Labute approximate surface area is 178 Å². The molecular weight excluding hydrogens is 376 g/mol. The summed E-state index contributed by atoms with van der Waals surface area (Å²) >= 11 is 0. The van der Waals surface area contributed by atoms with Crippen molar-refractivity contribution in [1.29, 1.82) is 0 Å². The minimum absolute atomic E-state index is 0.0313. The van der Waals surface area contributed by atoms with Crippen molar-refractivity contribution >= 4 is 16.9 Å². The van der Waals surface area contributed by atoms with Gasteiger partial charge in [-0.2, -0.15) is 0 Å². The van der Waals surface area contributed by atoms with Crippen LogP contribution in [0.3, 0.4) is 0 Å². The number of nitrogens with zero attached hydrogens (tertiary/aromatic N) is 1. The van der Waals surface area contributed by atoms with Gasteiger partial charge >= 0.3 is 0 Å². The maximum Gasteiger partial charge on any atom is 0.287 e. The van der Waals surface area contributed by atoms with Gasteiger partial charge in [-0.1, -0.05) is 19.1 Å². The zero-order valence-corrected chi connectivity index (χ0v) is 18.7. The summed E-state index contributed by atoms with van der Waals surface area (Å²) in [5, 5.41) is 4.12. The topological polar surface area (TPSA) is 58.6 Å². The number of likely N-dealkylation sites (tertiary alicyclic amines) is 1. The summed E-state index contributed by atoms with van der Waals surface area (Å²) < 4.78 is 12.0. The molecule has 2 aromatic heterocycles. The first kappa shape index (κ1) is 20.7. The number of benzene rings is 1. The van der Waals surface area contributed by atoms with E-state index in [9.17, 15) is 4.79 Å². The Hall–Kier alpha value is -2.53. The van der Waals surface area contributed by atoms with Gasteiger partial charge in [0.15, 0.2) is 5.76 Å². The largest absolute Gasteiger partial charge is 0.465 e. The lowest BCUT2D eigenvalue weighted by atomic mass is 9.97. The van der Waals surface area contributed by atoms with E-state index < -0.39 is 0 Å². The van der Waals surface area contributed by atoms with Crippen LogP contribution in [0.4, 0.5) is 0 Å². The summed E-state index contributed by atoms with van der Waals surface area (Å²) in [4.78, 5) is 15.5. The third-order valence-corrected chi connectivity index (χ3v) is 6.64. The van der Waals surface area contributed by atoms with Gasteiger partial charge in [-0.15, -0.1) is 0 Å². The number of aryl methyl sites for hydroxylation is 4. The van der Waals surface area contributed by atoms with E-state index in [0.29, 0.717) is 12.3 Å². The van der Waals surface area contributed by atoms with Crippen LogP contribution in [0.1, 0.15) is 64.6 Å². The van der Waals surface area contributed by atoms with Crippen LogP contribution >= 0.6 is 0 Å². The number of amides is 1. The van der Waals surface area contributed by atoms with Crippen LogP contribution in [0.25, 0.3) is 11.0 Å². The molecule has 0 saturated carbocycles. The second kappa shape index (κ2) is 8.31. The predicted octanol–water partition coefficient (Wildman–Crippen LogP) is 5.46. The fourth-order valence-electron chi connectivity index (χ4n) is 4.39. The number of furan rings is 2. The lowest BCUT2D eigenvalue weighted by Gasteiger charge is -2.35. The first-order valence-electron chi connectivity index (χ1n) is 10.9. The molecule has 160 valence electrons. The van der Waals surface area contributed by atoms with Crippen LogP contribution in [0, 0.1) is 33.6 Å². The van der Waals surface area contributed by atoms with E-state index in [1.54, 1.807) is 0 Å². The smallest absolute Gasteiger partial charge is 0.287 e. The molecule has 1 saturated heterocycles. The zero-order chi connectivity index (χ0) is 21.4. The number of rotatable bonds is 5. The normalized spacial score (nSPS) is 16.8. The van der Waals surface area contributed by atoms with Gasteiger partial charge < -0.3 is 14.2 Å². The Kier molecular flexibility index (Phi) is 5.74. The highest BCUT2D eigenvalue weighted by atomic mass is 16.3. The molecule has 4 rings (SSSR count). The molecule has 5 nitrogen and oxygen atoms in total. The van der Waals surface area contributed by atoms with Crippen LogP contribution in [0.15, 0.2) is 33.1 Å². The highest BCUT2D eigenvalue weighted by molar-refractivity contribution is 5.99. The van der Waals surface area contributed by atoms with E-state index in [0.717, 1.165) is 58.2 Å². The molecule has 3 heterocycles. The van der Waals surface area contributed by atoms with Crippen LogP contribution in [-0.2, 0) is 0 Å². The number of piperidine rings is 1. The van der Waals surface area contributed by atoms with Gasteiger partial charge in [0, 0.05) is 17.5 Å². The molecule has 1 aliphatic heterocycles. The first-order valence-corrected chi connectivity index (χ1v) is 10.9. The molecule has 0 radical (unpaired) electrons. The van der Waals surface area contributed by atoms with Crippen LogP contribution in [0.2, 0.25) is 0 Å². The van der Waals surface area contributed by atoms with Gasteiger partial charge in [0.2, 0.25) is 0 Å². The lowest BCUT2D eigenvalue weighted by molar-refractivity contribution is 0.0871. The maximum absolute atomic E-state index is 13.1. The Balaban J connectivity index is 1.55. The molecule has 1 atom stereocenters. The third kappa shape index (κ3) is 3.91. The Morgan fingerprint density at radius 3 is 2.47 bits per heavy atom. The van der Waals surface area contributed by atoms with E-state index >= 15 is 0 Å². The van der Waals surface area contributed by atoms with Gasteiger partial charge in [-0.05, 0) is 82.8 Å². The maximum atomic E-state index is 13.1. The Bertz CT molecular complexity index is 1050. The molecule has 1 amide bonds. The molecule has 5 heteroatoms. The Morgan fingerprint density at radius 2 is 1.80 bits per heavy atom. The summed E-state index contributed by atoms with van der Waals surface area (Å²) in [6, 6.07) is 8.17. The van der Waals surface area contributed by atoms with Gasteiger partial charge in [-0.3, -0.25) is 9.69 Å². The summed E-state index contributed by atoms with van der Waals surface area (Å²) in [6.45, 7) is 12.8. The van der Waals surface area contributed by atoms with Gasteiger partial charge in [0.05, 0.1) is 6.04 Å². The number of fused-ring (bicyclic) bond motifs is 1. The number of carbonyl (C=O) groups is 1. The van der Waals surface area contributed by atoms with Crippen LogP contribution in [0.5, 0.6) is 0 Å². The molecule has 1 aromatic carbocycles. The number of nitrogens with one attached hydrogen (secondary N) is 1. The molecule has 0 spiro atoms. The van der Waals surface area contributed by atoms with Crippen molar-refractivity contribution < 1.29 is 13.6 Å². The molecule has 0 unspecified atom stereocenters. The summed E-state index contributed by atoms with van der Waals surface area (Å²) in [5.74, 6) is 2.79. The van der Waals surface area contributed by atoms with Crippen molar-refractivity contribution in [2.24, 2.45) is 5.92 Å². The first-order chi connectivity index (χ1) is 14.3.